The van der Waals surface area contributed by atoms with Gasteiger partial charge >= 0.3 is 0 Å². The number of hydrogen-bond donors (Lipinski definition) is 1. The van der Waals surface area contributed by atoms with Crippen molar-refractivity contribution < 1.29 is 0 Å². The van der Waals surface area contributed by atoms with Crippen LogP contribution in [0.3, 0.4) is 0 Å². The highest BCUT2D eigenvalue weighted by molar-refractivity contribution is 6.04. The third kappa shape index (κ3) is 2.40. The number of aromatic amines is 1. The summed E-state index contributed by atoms with van der Waals surface area (Å²) in [5.74, 6) is 0.245. The summed E-state index contributed by atoms with van der Waals surface area (Å²) in [5.41, 5.74) is 4.65. The number of hydrogen-bond acceptors (Lipinski definition) is 2. The number of nitrogens with zero attached hydrogens (tertiary/aromatic N) is 2. The number of H-pyrrole nitrogens is 1. The Balaban J connectivity index is 1.79. The molecule has 4 heteroatoms. The molecule has 0 bridgehead atoms. The van der Waals surface area contributed by atoms with E-state index in [2.05, 4.69) is 35.1 Å². The van der Waals surface area contributed by atoms with Crippen molar-refractivity contribution in [2.75, 3.05) is 0 Å². The van der Waals surface area contributed by atoms with E-state index in [1.165, 1.54) is 5.56 Å². The molecule has 0 aliphatic heterocycles. The lowest BCUT2D eigenvalue weighted by molar-refractivity contribution is 0.576. The number of aromatic nitrogens is 3. The third-order valence-electron chi connectivity index (χ3n) is 4.57. The summed E-state index contributed by atoms with van der Waals surface area (Å²) < 4.78 is 1.70. The molecule has 0 amide bonds. The van der Waals surface area contributed by atoms with Crippen LogP contribution < -0.4 is 5.56 Å². The van der Waals surface area contributed by atoms with Gasteiger partial charge in [0, 0.05) is 17.4 Å². The van der Waals surface area contributed by atoms with Gasteiger partial charge in [0.25, 0.3) is 5.56 Å². The van der Waals surface area contributed by atoms with Crippen molar-refractivity contribution in [3.05, 3.63) is 76.3 Å². The van der Waals surface area contributed by atoms with E-state index in [1.54, 1.807) is 10.9 Å². The van der Waals surface area contributed by atoms with E-state index in [9.17, 15) is 4.79 Å². The average Bonchev–Trinajstić information content (AvgIpc) is 2.97. The molecule has 0 fully saturated rings. The van der Waals surface area contributed by atoms with Crippen molar-refractivity contribution in [2.24, 2.45) is 0 Å². The maximum Gasteiger partial charge on any atom is 0.277 e. The Morgan fingerprint density at radius 1 is 1.17 bits per heavy atom. The smallest absolute Gasteiger partial charge is 0.277 e. The Morgan fingerprint density at radius 3 is 2.75 bits per heavy atom. The fourth-order valence-electron chi connectivity index (χ4n) is 3.22. The Kier molecular flexibility index (Phi) is 3.45. The van der Waals surface area contributed by atoms with Crippen molar-refractivity contribution in [1.29, 1.82) is 0 Å². The Morgan fingerprint density at radius 2 is 1.96 bits per heavy atom. The molecular weight excluding hydrogens is 298 g/mol. The highest BCUT2D eigenvalue weighted by Gasteiger charge is 2.13. The summed E-state index contributed by atoms with van der Waals surface area (Å²) in [6, 6.07) is 16.3. The monoisotopic (exact) mass is 317 g/mol. The van der Waals surface area contributed by atoms with Gasteiger partial charge in [0.2, 0.25) is 0 Å². The second-order valence-electron chi connectivity index (χ2n) is 6.41. The fourth-order valence-corrected chi connectivity index (χ4v) is 3.22. The number of fused-ring (bicyclic) bond motifs is 3. The molecule has 1 unspecified atom stereocenters. The zero-order valence-electron chi connectivity index (χ0n) is 13.8. The third-order valence-corrected chi connectivity index (χ3v) is 4.57. The molecule has 0 spiro atoms. The van der Waals surface area contributed by atoms with Crippen molar-refractivity contribution in [3.8, 4) is 0 Å². The minimum atomic E-state index is -0.0170. The van der Waals surface area contributed by atoms with Crippen LogP contribution in [0.25, 0.3) is 21.9 Å². The lowest BCUT2D eigenvalue weighted by Crippen LogP contribution is -2.23. The number of rotatable bonds is 3. The van der Waals surface area contributed by atoms with Gasteiger partial charge in [0.1, 0.15) is 11.0 Å². The van der Waals surface area contributed by atoms with Gasteiger partial charge in [-0.25, -0.2) is 4.98 Å². The Hall–Kier alpha value is -2.88. The van der Waals surface area contributed by atoms with Gasteiger partial charge in [0.15, 0.2) is 0 Å². The van der Waals surface area contributed by atoms with Crippen LogP contribution in [0.4, 0.5) is 0 Å². The fraction of sp³-hybridized carbons (Fsp3) is 0.200. The quantitative estimate of drug-likeness (QED) is 0.621. The molecule has 2 heterocycles. The van der Waals surface area contributed by atoms with Crippen molar-refractivity contribution in [2.45, 2.75) is 26.3 Å². The summed E-state index contributed by atoms with van der Waals surface area (Å²) in [6.45, 7) is 4.78. The molecule has 0 aliphatic carbocycles. The maximum atomic E-state index is 12.8. The lowest BCUT2D eigenvalue weighted by Gasteiger charge is -2.13. The normalized spacial score (nSPS) is 12.8. The van der Waals surface area contributed by atoms with E-state index >= 15 is 0 Å². The minimum absolute atomic E-state index is 0.0170. The standard InChI is InChI=1S/C20H19N3O/c1-13-8-9-17-16(10-13)18-19(22-17)20(24)23(12-21-18)11-14(2)15-6-4-3-5-7-15/h3-10,12,14,22H,11H2,1-2H3. The van der Waals surface area contributed by atoms with Crippen LogP contribution in [0, 0.1) is 6.92 Å². The molecule has 0 aliphatic rings. The molecule has 0 saturated carbocycles. The molecule has 24 heavy (non-hydrogen) atoms. The Bertz CT molecular complexity index is 1080. The molecule has 0 saturated heterocycles. The van der Waals surface area contributed by atoms with Crippen LogP contribution in [0.1, 0.15) is 24.0 Å². The molecule has 1 N–H and O–H groups in total. The van der Waals surface area contributed by atoms with E-state index in [4.69, 9.17) is 0 Å². The molecular formula is C20H19N3O. The van der Waals surface area contributed by atoms with Crippen LogP contribution in [-0.4, -0.2) is 14.5 Å². The summed E-state index contributed by atoms with van der Waals surface area (Å²) in [4.78, 5) is 20.6. The maximum absolute atomic E-state index is 12.8. The average molecular weight is 317 g/mol. The van der Waals surface area contributed by atoms with Gasteiger partial charge in [-0.05, 0) is 30.5 Å². The van der Waals surface area contributed by atoms with E-state index in [-0.39, 0.29) is 11.5 Å². The van der Waals surface area contributed by atoms with Gasteiger partial charge in [-0.15, -0.1) is 0 Å². The molecule has 120 valence electrons. The summed E-state index contributed by atoms with van der Waals surface area (Å²) in [7, 11) is 0. The predicted molar refractivity (Wildman–Crippen MR) is 97.5 cm³/mol. The SMILES string of the molecule is Cc1ccc2[nH]c3c(=O)n(CC(C)c4ccccc4)cnc3c2c1. The molecule has 4 aromatic rings. The molecule has 2 aromatic carbocycles. The van der Waals surface area contributed by atoms with Crippen LogP contribution in [-0.2, 0) is 6.54 Å². The summed E-state index contributed by atoms with van der Waals surface area (Å²) in [5, 5.41) is 1.00. The first kappa shape index (κ1) is 14.7. The van der Waals surface area contributed by atoms with Gasteiger partial charge in [-0.3, -0.25) is 9.36 Å². The Labute approximate surface area is 139 Å². The first-order valence-electron chi connectivity index (χ1n) is 8.16. The molecule has 4 nitrogen and oxygen atoms in total. The van der Waals surface area contributed by atoms with Crippen LogP contribution in [0.5, 0.6) is 0 Å². The van der Waals surface area contributed by atoms with E-state index in [0.717, 1.165) is 22.0 Å². The van der Waals surface area contributed by atoms with Crippen molar-refractivity contribution in [1.82, 2.24) is 14.5 Å². The largest absolute Gasteiger partial charge is 0.349 e. The molecule has 4 rings (SSSR count). The van der Waals surface area contributed by atoms with Gasteiger partial charge in [-0.1, -0.05) is 48.9 Å². The second-order valence-corrected chi connectivity index (χ2v) is 6.41. The van der Waals surface area contributed by atoms with Crippen molar-refractivity contribution in [3.63, 3.8) is 0 Å². The number of aryl methyl sites for hydroxylation is 1. The zero-order valence-corrected chi connectivity index (χ0v) is 13.8. The highest BCUT2D eigenvalue weighted by atomic mass is 16.1. The number of nitrogens with one attached hydrogen (secondary N) is 1. The zero-order chi connectivity index (χ0) is 16.7. The van der Waals surface area contributed by atoms with E-state index in [0.29, 0.717) is 12.1 Å². The molecule has 0 radical (unpaired) electrons. The van der Waals surface area contributed by atoms with Crippen LogP contribution in [0.2, 0.25) is 0 Å². The predicted octanol–water partition coefficient (Wildman–Crippen LogP) is 3.99. The second kappa shape index (κ2) is 5.64. The van der Waals surface area contributed by atoms with Gasteiger partial charge in [-0.2, -0.15) is 0 Å². The molecule has 1 atom stereocenters. The van der Waals surface area contributed by atoms with Crippen molar-refractivity contribution >= 4 is 21.9 Å². The first-order valence-corrected chi connectivity index (χ1v) is 8.16. The summed E-state index contributed by atoms with van der Waals surface area (Å²) >= 11 is 0. The summed E-state index contributed by atoms with van der Waals surface area (Å²) in [6.07, 6.45) is 1.67. The van der Waals surface area contributed by atoms with Gasteiger partial charge < -0.3 is 4.98 Å². The molecule has 2 aromatic heterocycles. The highest BCUT2D eigenvalue weighted by Crippen LogP contribution is 2.23. The lowest BCUT2D eigenvalue weighted by atomic mass is 10.0. The van der Waals surface area contributed by atoms with Gasteiger partial charge in [0.05, 0.1) is 6.33 Å². The first-order chi connectivity index (χ1) is 11.6. The number of benzene rings is 2. The van der Waals surface area contributed by atoms with Crippen LogP contribution >= 0.6 is 0 Å². The van der Waals surface area contributed by atoms with Crippen LogP contribution in [0.15, 0.2) is 59.7 Å². The topological polar surface area (TPSA) is 50.7 Å². The van der Waals surface area contributed by atoms with E-state index in [1.807, 2.05) is 37.3 Å². The van der Waals surface area contributed by atoms with E-state index < -0.39 is 0 Å². The minimum Gasteiger partial charge on any atom is -0.349 e.